The summed E-state index contributed by atoms with van der Waals surface area (Å²) < 4.78 is 5.30. The van der Waals surface area contributed by atoms with Gasteiger partial charge in [0.2, 0.25) is 5.95 Å². The lowest BCUT2D eigenvalue weighted by atomic mass is 10.0. The minimum Gasteiger partial charge on any atom is -0.497 e. The number of aliphatic hydroxyl groups excluding tert-OH is 1. The number of methoxy groups -OCH3 is 1. The van der Waals surface area contributed by atoms with E-state index in [2.05, 4.69) is 32.3 Å². The van der Waals surface area contributed by atoms with Crippen molar-refractivity contribution in [2.24, 2.45) is 0 Å². The number of ether oxygens (including phenoxy) is 1. The minimum absolute atomic E-state index is 0.206. The zero-order valence-electron chi connectivity index (χ0n) is 18.3. The maximum absolute atomic E-state index is 9.21. The first kappa shape index (κ1) is 20.3. The fraction of sp³-hybridized carbons (Fsp3) is 0.545. The van der Waals surface area contributed by atoms with Gasteiger partial charge in [0.25, 0.3) is 0 Å². The van der Waals surface area contributed by atoms with Gasteiger partial charge in [0.15, 0.2) is 5.82 Å². The highest BCUT2D eigenvalue weighted by Crippen LogP contribution is 2.43. The maximum Gasteiger partial charge on any atom is 0.229 e. The summed E-state index contributed by atoms with van der Waals surface area (Å²) in [6, 6.07) is 8.55. The largest absolute Gasteiger partial charge is 0.497 e. The number of aliphatic hydroxyl groups is 1. The van der Waals surface area contributed by atoms with Crippen LogP contribution in [0.5, 0.6) is 5.75 Å². The Bertz CT molecular complexity index is 915. The quantitative estimate of drug-likeness (QED) is 0.705. The minimum atomic E-state index is 0.206. The zero-order valence-corrected chi connectivity index (χ0v) is 18.3. The smallest absolute Gasteiger partial charge is 0.229 e. The molecule has 5 rings (SSSR count). The second-order valence-electron chi connectivity index (χ2n) is 8.44. The van der Waals surface area contributed by atoms with Crippen LogP contribution in [-0.4, -0.2) is 80.0 Å². The Morgan fingerprint density at radius 3 is 2.52 bits per heavy atom. The molecule has 1 saturated heterocycles. The molecule has 1 aromatic carbocycles. The van der Waals surface area contributed by atoms with Crippen LogP contribution in [0.1, 0.15) is 23.6 Å². The molecule has 0 bridgehead atoms. The van der Waals surface area contributed by atoms with Gasteiger partial charge in [0.05, 0.1) is 25.3 Å². The van der Waals surface area contributed by atoms with Crippen LogP contribution in [0.25, 0.3) is 0 Å². The predicted octanol–water partition coefficient (Wildman–Crippen LogP) is 1.01. The molecule has 1 unspecified atom stereocenters. The lowest BCUT2D eigenvalue weighted by molar-refractivity contribution is 0.188. The summed E-state index contributed by atoms with van der Waals surface area (Å²) in [5.74, 6) is 3.70. The van der Waals surface area contributed by atoms with E-state index in [-0.39, 0.29) is 12.6 Å². The van der Waals surface area contributed by atoms with Gasteiger partial charge >= 0.3 is 0 Å². The third kappa shape index (κ3) is 3.88. The standard InChI is InChI=1S/C22H31N7O2/c1-26-20-19-18(25-26)7-8-29(15-16-3-5-17(31-2)6-4-16)21(19)24-22(23-20)28-11-9-27(10-12-28)13-14-30/h3-6,18,25,30H,7-15H2,1-2H3. The Balaban J connectivity index is 1.43. The van der Waals surface area contributed by atoms with E-state index in [4.69, 9.17) is 14.7 Å². The Hall–Kier alpha value is -2.62. The van der Waals surface area contributed by atoms with E-state index in [1.165, 1.54) is 11.1 Å². The lowest BCUT2D eigenvalue weighted by Crippen LogP contribution is -2.48. The second-order valence-corrected chi connectivity index (χ2v) is 8.44. The molecule has 2 aromatic rings. The molecule has 166 valence electrons. The van der Waals surface area contributed by atoms with Crippen molar-refractivity contribution in [3.63, 3.8) is 0 Å². The summed E-state index contributed by atoms with van der Waals surface area (Å²) in [6.45, 7) is 6.28. The summed E-state index contributed by atoms with van der Waals surface area (Å²) in [5.41, 5.74) is 6.00. The summed E-state index contributed by atoms with van der Waals surface area (Å²) in [5, 5.41) is 11.3. The Kier molecular flexibility index (Phi) is 5.56. The fourth-order valence-electron chi connectivity index (χ4n) is 4.76. The van der Waals surface area contributed by atoms with E-state index in [9.17, 15) is 5.11 Å². The van der Waals surface area contributed by atoms with Gasteiger partial charge in [-0.05, 0) is 24.1 Å². The maximum atomic E-state index is 9.21. The monoisotopic (exact) mass is 425 g/mol. The SMILES string of the molecule is COc1ccc(CN2CCC3NN(C)c4nc(N5CCN(CCO)CC5)nc2c43)cc1. The van der Waals surface area contributed by atoms with Crippen molar-refractivity contribution in [3.05, 3.63) is 35.4 Å². The van der Waals surface area contributed by atoms with Gasteiger partial charge in [-0.2, -0.15) is 9.97 Å². The highest BCUT2D eigenvalue weighted by atomic mass is 16.5. The summed E-state index contributed by atoms with van der Waals surface area (Å²) in [6.07, 6.45) is 1.03. The molecular weight excluding hydrogens is 394 g/mol. The van der Waals surface area contributed by atoms with E-state index in [1.54, 1.807) is 7.11 Å². The van der Waals surface area contributed by atoms with Crippen molar-refractivity contribution in [2.45, 2.75) is 19.0 Å². The van der Waals surface area contributed by atoms with Crippen LogP contribution in [0.3, 0.4) is 0 Å². The van der Waals surface area contributed by atoms with Gasteiger partial charge < -0.3 is 19.6 Å². The van der Waals surface area contributed by atoms with Crippen LogP contribution < -0.4 is 25.0 Å². The molecule has 9 nitrogen and oxygen atoms in total. The van der Waals surface area contributed by atoms with Crippen molar-refractivity contribution in [3.8, 4) is 5.75 Å². The molecule has 3 aliphatic rings. The van der Waals surface area contributed by atoms with Gasteiger partial charge in [-0.25, -0.2) is 5.43 Å². The van der Waals surface area contributed by atoms with Crippen LogP contribution in [0.15, 0.2) is 24.3 Å². The van der Waals surface area contributed by atoms with E-state index in [0.29, 0.717) is 0 Å². The van der Waals surface area contributed by atoms with Crippen LogP contribution in [-0.2, 0) is 6.54 Å². The molecule has 4 heterocycles. The molecule has 1 atom stereocenters. The number of rotatable bonds is 6. The Morgan fingerprint density at radius 1 is 1.06 bits per heavy atom. The molecule has 0 spiro atoms. The molecule has 0 radical (unpaired) electrons. The number of β-amino-alcohol motifs (C(OH)–C–C–N with tert-alkyl or cyclic N) is 1. The molecule has 0 amide bonds. The fourth-order valence-corrected chi connectivity index (χ4v) is 4.76. The summed E-state index contributed by atoms with van der Waals surface area (Å²) in [4.78, 5) is 17.0. The summed E-state index contributed by atoms with van der Waals surface area (Å²) >= 11 is 0. The molecule has 9 heteroatoms. The van der Waals surface area contributed by atoms with Gasteiger partial charge in [-0.1, -0.05) is 12.1 Å². The number of nitrogens with zero attached hydrogens (tertiary/aromatic N) is 6. The molecule has 2 N–H and O–H groups in total. The van der Waals surface area contributed by atoms with Crippen LogP contribution in [0.4, 0.5) is 17.6 Å². The van der Waals surface area contributed by atoms with Gasteiger partial charge in [0.1, 0.15) is 11.6 Å². The molecule has 1 aromatic heterocycles. The number of hydrogen-bond acceptors (Lipinski definition) is 9. The number of nitrogens with one attached hydrogen (secondary N) is 1. The predicted molar refractivity (Wildman–Crippen MR) is 121 cm³/mol. The van der Waals surface area contributed by atoms with E-state index >= 15 is 0 Å². The molecule has 3 aliphatic heterocycles. The molecule has 1 fully saturated rings. The van der Waals surface area contributed by atoms with Crippen LogP contribution >= 0.6 is 0 Å². The molecule has 0 aliphatic carbocycles. The van der Waals surface area contributed by atoms with E-state index in [0.717, 1.165) is 75.6 Å². The topological polar surface area (TPSA) is 80.2 Å². The van der Waals surface area contributed by atoms with Crippen molar-refractivity contribution in [1.82, 2.24) is 20.3 Å². The highest BCUT2D eigenvalue weighted by molar-refractivity contribution is 5.68. The second kappa shape index (κ2) is 8.49. The zero-order chi connectivity index (χ0) is 21.4. The first-order chi connectivity index (χ1) is 15.2. The summed E-state index contributed by atoms with van der Waals surface area (Å²) in [7, 11) is 3.73. The van der Waals surface area contributed by atoms with Crippen molar-refractivity contribution in [2.75, 3.05) is 74.8 Å². The van der Waals surface area contributed by atoms with Gasteiger partial charge in [-0.3, -0.25) is 9.91 Å². The molecule has 31 heavy (non-hydrogen) atoms. The molecular formula is C22H31N7O2. The van der Waals surface area contributed by atoms with Crippen LogP contribution in [0.2, 0.25) is 0 Å². The van der Waals surface area contributed by atoms with Crippen molar-refractivity contribution in [1.29, 1.82) is 0 Å². The average Bonchev–Trinajstić information content (AvgIpc) is 3.13. The number of piperazine rings is 1. The Morgan fingerprint density at radius 2 is 1.81 bits per heavy atom. The first-order valence-corrected chi connectivity index (χ1v) is 11.0. The number of anilines is 3. The van der Waals surface area contributed by atoms with Crippen molar-refractivity contribution >= 4 is 17.6 Å². The van der Waals surface area contributed by atoms with Gasteiger partial charge in [-0.15, -0.1) is 0 Å². The van der Waals surface area contributed by atoms with Crippen molar-refractivity contribution < 1.29 is 9.84 Å². The Labute approximate surface area is 183 Å². The average molecular weight is 426 g/mol. The highest BCUT2D eigenvalue weighted by Gasteiger charge is 2.38. The van der Waals surface area contributed by atoms with Gasteiger partial charge in [0, 0.05) is 52.9 Å². The lowest BCUT2D eigenvalue weighted by Gasteiger charge is -2.36. The number of aromatic nitrogens is 2. The van der Waals surface area contributed by atoms with Crippen LogP contribution in [0, 0.1) is 0 Å². The molecule has 0 saturated carbocycles. The normalized spacial score (nSPS) is 20.9. The third-order valence-electron chi connectivity index (χ3n) is 6.50. The first-order valence-electron chi connectivity index (χ1n) is 11.0. The number of hydrogen-bond donors (Lipinski definition) is 2. The number of benzene rings is 1. The van der Waals surface area contributed by atoms with E-state index < -0.39 is 0 Å². The third-order valence-corrected chi connectivity index (χ3v) is 6.50. The number of hydrazine groups is 1. The van der Waals surface area contributed by atoms with E-state index in [1.807, 2.05) is 24.2 Å².